The number of nitrogens with zero attached hydrogens (tertiary/aromatic N) is 2. The molecule has 1 aliphatic heterocycles. The van der Waals surface area contributed by atoms with Crippen molar-refractivity contribution in [3.05, 3.63) is 67.1 Å². The molecule has 144 valence electrons. The molecule has 1 atom stereocenters. The summed E-state index contributed by atoms with van der Waals surface area (Å²) in [6, 6.07) is 14.5. The summed E-state index contributed by atoms with van der Waals surface area (Å²) in [5.74, 6) is 0.104. The Morgan fingerprint density at radius 2 is 1.96 bits per heavy atom. The van der Waals surface area contributed by atoms with Crippen molar-refractivity contribution in [2.24, 2.45) is 0 Å². The molecule has 2 aromatic carbocycles. The van der Waals surface area contributed by atoms with E-state index in [2.05, 4.69) is 10.3 Å². The van der Waals surface area contributed by atoms with Crippen LogP contribution in [0.4, 0.5) is 5.69 Å². The molecule has 8 heteroatoms. The summed E-state index contributed by atoms with van der Waals surface area (Å²) in [5, 5.41) is 2.83. The van der Waals surface area contributed by atoms with E-state index in [9.17, 15) is 13.2 Å². The molecule has 1 saturated heterocycles. The molecule has 1 amide bonds. The van der Waals surface area contributed by atoms with Crippen molar-refractivity contribution in [3.8, 4) is 11.5 Å². The second-order valence-corrected chi connectivity index (χ2v) is 8.38. The van der Waals surface area contributed by atoms with Crippen molar-refractivity contribution in [2.75, 3.05) is 11.9 Å². The molecule has 0 spiro atoms. The van der Waals surface area contributed by atoms with Gasteiger partial charge in [0.2, 0.25) is 21.8 Å². The maximum atomic E-state index is 12.9. The van der Waals surface area contributed by atoms with Gasteiger partial charge in [-0.25, -0.2) is 13.4 Å². The quantitative estimate of drug-likeness (QED) is 0.714. The first-order valence-corrected chi connectivity index (χ1v) is 10.4. The number of amides is 1. The maximum absolute atomic E-state index is 12.9. The molecule has 0 aliphatic carbocycles. The first-order chi connectivity index (χ1) is 13.6. The van der Waals surface area contributed by atoms with Gasteiger partial charge in [0.1, 0.15) is 12.3 Å². The molecule has 0 unspecified atom stereocenters. The Bertz CT molecular complexity index is 1070. The monoisotopic (exact) mass is 397 g/mol. The summed E-state index contributed by atoms with van der Waals surface area (Å²) in [6.45, 7) is 0.325. The molecule has 0 radical (unpaired) electrons. The van der Waals surface area contributed by atoms with Crippen molar-refractivity contribution < 1.29 is 17.6 Å². The number of nitrogens with one attached hydrogen (secondary N) is 1. The van der Waals surface area contributed by atoms with E-state index in [0.29, 0.717) is 31.0 Å². The maximum Gasteiger partial charge on any atom is 0.243 e. The fraction of sp³-hybridized carbons (Fsp3) is 0.200. The number of aromatic nitrogens is 1. The third-order valence-electron chi connectivity index (χ3n) is 4.67. The van der Waals surface area contributed by atoms with Crippen LogP contribution in [-0.2, 0) is 14.8 Å². The summed E-state index contributed by atoms with van der Waals surface area (Å²) >= 11 is 0. The van der Waals surface area contributed by atoms with Gasteiger partial charge < -0.3 is 9.73 Å². The lowest BCUT2D eigenvalue weighted by Gasteiger charge is -2.23. The third kappa shape index (κ3) is 3.56. The number of hydrogen-bond donors (Lipinski definition) is 1. The Morgan fingerprint density at radius 1 is 1.14 bits per heavy atom. The average molecular weight is 397 g/mol. The minimum absolute atomic E-state index is 0.195. The highest BCUT2D eigenvalue weighted by molar-refractivity contribution is 7.89. The number of carbonyl (C=O) groups is 1. The Balaban J connectivity index is 1.54. The van der Waals surface area contributed by atoms with Crippen molar-refractivity contribution in [2.45, 2.75) is 23.8 Å². The van der Waals surface area contributed by atoms with Crippen LogP contribution in [0.15, 0.2) is 76.4 Å². The number of hydrogen-bond acceptors (Lipinski definition) is 5. The Labute approximate surface area is 163 Å². The molecule has 1 aliphatic rings. The summed E-state index contributed by atoms with van der Waals surface area (Å²) < 4.78 is 32.4. The summed E-state index contributed by atoms with van der Waals surface area (Å²) in [4.78, 5) is 17.1. The van der Waals surface area contributed by atoms with Crippen molar-refractivity contribution in [3.63, 3.8) is 0 Å². The molecule has 1 aromatic heterocycles. The zero-order valence-corrected chi connectivity index (χ0v) is 15.8. The zero-order valence-electron chi connectivity index (χ0n) is 15.0. The van der Waals surface area contributed by atoms with E-state index in [1.807, 2.05) is 6.07 Å². The molecule has 1 fully saturated rings. The van der Waals surface area contributed by atoms with Crippen LogP contribution in [0, 0.1) is 0 Å². The standard InChI is InChI=1S/C20H19N3O4S/c24-19(22-16-7-4-6-15(14-16)20-21-11-13-27-20)18-10-5-12-23(18)28(25,26)17-8-2-1-3-9-17/h1-4,6-9,11,13-14,18H,5,10,12H2,(H,22,24)/t18-/m0/s1. The van der Waals surface area contributed by atoms with Gasteiger partial charge in [0.25, 0.3) is 0 Å². The largest absolute Gasteiger partial charge is 0.445 e. The Kier molecular flexibility index (Phi) is 4.97. The van der Waals surface area contributed by atoms with Crippen molar-refractivity contribution in [1.82, 2.24) is 9.29 Å². The average Bonchev–Trinajstić information content (AvgIpc) is 3.41. The minimum Gasteiger partial charge on any atom is -0.445 e. The van der Waals surface area contributed by atoms with Crippen LogP contribution in [0.2, 0.25) is 0 Å². The number of sulfonamides is 1. The van der Waals surface area contributed by atoms with Crippen LogP contribution < -0.4 is 5.32 Å². The minimum atomic E-state index is -3.72. The normalized spacial score (nSPS) is 17.5. The Hall–Kier alpha value is -2.97. The van der Waals surface area contributed by atoms with Gasteiger partial charge in [-0.2, -0.15) is 4.31 Å². The highest BCUT2D eigenvalue weighted by Gasteiger charge is 2.39. The molecule has 7 nitrogen and oxygen atoms in total. The van der Waals surface area contributed by atoms with Gasteiger partial charge in [0, 0.05) is 17.8 Å². The van der Waals surface area contributed by atoms with E-state index in [-0.39, 0.29) is 10.8 Å². The SMILES string of the molecule is O=C(Nc1cccc(-c2ncco2)c1)[C@@H]1CCCN1S(=O)(=O)c1ccccc1. The van der Waals surface area contributed by atoms with E-state index in [0.717, 1.165) is 5.56 Å². The third-order valence-corrected chi connectivity index (χ3v) is 6.59. The summed E-state index contributed by atoms with van der Waals surface area (Å²) in [7, 11) is -3.72. The van der Waals surface area contributed by atoms with E-state index in [4.69, 9.17) is 4.42 Å². The van der Waals surface area contributed by atoms with E-state index < -0.39 is 16.1 Å². The van der Waals surface area contributed by atoms with Crippen molar-refractivity contribution >= 4 is 21.6 Å². The number of rotatable bonds is 5. The predicted molar refractivity (Wildman–Crippen MR) is 104 cm³/mol. The van der Waals surface area contributed by atoms with Crippen LogP contribution in [0.25, 0.3) is 11.5 Å². The second kappa shape index (κ2) is 7.57. The zero-order chi connectivity index (χ0) is 19.6. The number of oxazole rings is 1. The molecular formula is C20H19N3O4S. The smallest absolute Gasteiger partial charge is 0.243 e. The van der Waals surface area contributed by atoms with Crippen LogP contribution in [0.1, 0.15) is 12.8 Å². The first-order valence-electron chi connectivity index (χ1n) is 8.93. The lowest BCUT2D eigenvalue weighted by molar-refractivity contribution is -0.119. The van der Waals surface area contributed by atoms with Gasteiger partial charge in [0.05, 0.1) is 11.1 Å². The van der Waals surface area contributed by atoms with Crippen LogP contribution >= 0.6 is 0 Å². The molecular weight excluding hydrogens is 378 g/mol. The molecule has 1 N–H and O–H groups in total. The first kappa shape index (κ1) is 18.4. The molecule has 3 aromatic rings. The number of carbonyl (C=O) groups excluding carboxylic acids is 1. The van der Waals surface area contributed by atoms with Gasteiger partial charge in [0.15, 0.2) is 0 Å². The molecule has 2 heterocycles. The predicted octanol–water partition coefficient (Wildman–Crippen LogP) is 3.13. The Morgan fingerprint density at radius 3 is 2.71 bits per heavy atom. The molecule has 0 saturated carbocycles. The van der Waals surface area contributed by atoms with E-state index in [1.165, 1.54) is 10.6 Å². The van der Waals surface area contributed by atoms with Crippen LogP contribution in [0.5, 0.6) is 0 Å². The van der Waals surface area contributed by atoms with Gasteiger partial charge in [-0.1, -0.05) is 24.3 Å². The van der Waals surface area contributed by atoms with Gasteiger partial charge >= 0.3 is 0 Å². The topological polar surface area (TPSA) is 92.5 Å². The van der Waals surface area contributed by atoms with E-state index >= 15 is 0 Å². The second-order valence-electron chi connectivity index (χ2n) is 6.49. The highest BCUT2D eigenvalue weighted by Crippen LogP contribution is 2.27. The fourth-order valence-electron chi connectivity index (χ4n) is 3.34. The van der Waals surface area contributed by atoms with Crippen molar-refractivity contribution in [1.29, 1.82) is 0 Å². The van der Waals surface area contributed by atoms with E-state index in [1.54, 1.807) is 54.7 Å². The fourth-order valence-corrected chi connectivity index (χ4v) is 5.02. The van der Waals surface area contributed by atoms with Gasteiger partial charge in [-0.05, 0) is 43.2 Å². The summed E-state index contributed by atoms with van der Waals surface area (Å²) in [5.41, 5.74) is 1.28. The molecule has 4 rings (SSSR count). The summed E-state index contributed by atoms with van der Waals surface area (Å²) in [6.07, 6.45) is 4.15. The number of anilines is 1. The number of benzene rings is 2. The molecule has 0 bridgehead atoms. The highest BCUT2D eigenvalue weighted by atomic mass is 32.2. The lowest BCUT2D eigenvalue weighted by Crippen LogP contribution is -2.43. The van der Waals surface area contributed by atoms with Crippen LogP contribution in [-0.4, -0.2) is 36.2 Å². The molecule has 28 heavy (non-hydrogen) atoms. The van der Waals surface area contributed by atoms with Gasteiger partial charge in [-0.15, -0.1) is 0 Å². The lowest BCUT2D eigenvalue weighted by atomic mass is 10.1. The van der Waals surface area contributed by atoms with Crippen LogP contribution in [0.3, 0.4) is 0 Å². The van der Waals surface area contributed by atoms with Gasteiger partial charge in [-0.3, -0.25) is 4.79 Å².